The Morgan fingerprint density at radius 3 is 2.43 bits per heavy atom. The van der Waals surface area contributed by atoms with E-state index in [2.05, 4.69) is 0 Å². The van der Waals surface area contributed by atoms with Crippen LogP contribution in [0.1, 0.15) is 18.1 Å². The quantitative estimate of drug-likeness (QED) is 0.599. The van der Waals surface area contributed by atoms with Crippen LogP contribution in [0, 0.1) is 5.82 Å². The summed E-state index contributed by atoms with van der Waals surface area (Å²) in [6.45, 7) is 2.33. The second-order valence-electron chi connectivity index (χ2n) is 5.21. The van der Waals surface area contributed by atoms with Crippen LogP contribution >= 0.6 is 24.0 Å². The molecule has 0 saturated carbocycles. The maximum atomic E-state index is 13.1. The summed E-state index contributed by atoms with van der Waals surface area (Å²) in [7, 11) is 0. The zero-order chi connectivity index (χ0) is 16.4. The Balaban J connectivity index is 1.88. The van der Waals surface area contributed by atoms with Crippen molar-refractivity contribution in [3.05, 3.63) is 76.4 Å². The molecule has 23 heavy (non-hydrogen) atoms. The van der Waals surface area contributed by atoms with E-state index < -0.39 is 0 Å². The van der Waals surface area contributed by atoms with Gasteiger partial charge in [0.2, 0.25) is 0 Å². The molecule has 0 aromatic heterocycles. The fourth-order valence-corrected chi connectivity index (χ4v) is 3.66. The van der Waals surface area contributed by atoms with E-state index in [-0.39, 0.29) is 11.7 Å². The van der Waals surface area contributed by atoms with E-state index in [0.717, 1.165) is 16.7 Å². The van der Waals surface area contributed by atoms with Crippen LogP contribution in [0.4, 0.5) is 4.39 Å². The third-order valence-corrected chi connectivity index (χ3v) is 5.20. The number of nitrogens with zero attached hydrogens (tertiary/aromatic N) is 1. The van der Waals surface area contributed by atoms with Crippen molar-refractivity contribution in [2.75, 3.05) is 0 Å². The van der Waals surface area contributed by atoms with Gasteiger partial charge in [0.1, 0.15) is 10.1 Å². The van der Waals surface area contributed by atoms with Gasteiger partial charge in [0.25, 0.3) is 5.91 Å². The summed E-state index contributed by atoms with van der Waals surface area (Å²) in [6.07, 6.45) is 0. The Hall–Kier alpha value is -1.98. The minimum absolute atomic E-state index is 0.0920. The molecule has 5 heteroatoms. The van der Waals surface area contributed by atoms with Crippen LogP contribution in [0.3, 0.4) is 0 Å². The average molecular weight is 343 g/mol. The van der Waals surface area contributed by atoms with Crippen molar-refractivity contribution >= 4 is 39.8 Å². The first-order valence-electron chi connectivity index (χ1n) is 7.10. The second-order valence-corrected chi connectivity index (χ2v) is 6.85. The molecule has 2 nitrogen and oxygen atoms in total. The molecule has 3 rings (SSSR count). The normalized spacial score (nSPS) is 16.9. The van der Waals surface area contributed by atoms with Crippen molar-refractivity contribution in [2.45, 2.75) is 13.5 Å². The lowest BCUT2D eigenvalue weighted by molar-refractivity contribution is -0.122. The highest BCUT2D eigenvalue weighted by molar-refractivity contribution is 8.26. The number of rotatable bonds is 3. The predicted octanol–water partition coefficient (Wildman–Crippen LogP) is 4.62. The van der Waals surface area contributed by atoms with Crippen LogP contribution in [-0.4, -0.2) is 15.1 Å². The Morgan fingerprint density at radius 1 is 1.13 bits per heavy atom. The molecule has 0 aliphatic carbocycles. The number of carbonyl (C=O) groups is 1. The number of halogens is 1. The van der Waals surface area contributed by atoms with Crippen LogP contribution in [0.25, 0.3) is 5.57 Å². The maximum absolute atomic E-state index is 13.1. The van der Waals surface area contributed by atoms with Gasteiger partial charge >= 0.3 is 0 Å². The number of carbonyl (C=O) groups excluding carboxylic acids is 1. The van der Waals surface area contributed by atoms with Gasteiger partial charge in [-0.25, -0.2) is 4.39 Å². The van der Waals surface area contributed by atoms with E-state index in [1.807, 2.05) is 37.3 Å². The molecule has 2 aromatic carbocycles. The number of allylic oxidation sites excluding steroid dienone is 1. The lowest BCUT2D eigenvalue weighted by Gasteiger charge is -2.14. The SMILES string of the molecule is CC(=C1SC(=S)N(Cc2ccccc2)C1=O)c1ccc(F)cc1. The Morgan fingerprint density at radius 2 is 1.78 bits per heavy atom. The molecular formula is C18H14FNOS2. The number of hydrogen-bond acceptors (Lipinski definition) is 3. The standard InChI is InChI=1S/C18H14FNOS2/c1-12(14-7-9-15(19)10-8-14)16-17(21)20(18(22)23-16)11-13-5-3-2-4-6-13/h2-10H,11H2,1H3. The Kier molecular flexibility index (Phi) is 4.59. The van der Waals surface area contributed by atoms with E-state index >= 15 is 0 Å². The number of thioether (sulfide) groups is 1. The molecule has 1 fully saturated rings. The molecule has 0 spiro atoms. The molecule has 1 saturated heterocycles. The summed E-state index contributed by atoms with van der Waals surface area (Å²) < 4.78 is 13.6. The molecule has 2 aromatic rings. The molecule has 1 amide bonds. The maximum Gasteiger partial charge on any atom is 0.266 e. The van der Waals surface area contributed by atoms with Gasteiger partial charge in [-0.05, 0) is 35.8 Å². The number of thiocarbonyl (C=S) groups is 1. The van der Waals surface area contributed by atoms with E-state index in [4.69, 9.17) is 12.2 Å². The van der Waals surface area contributed by atoms with Gasteiger partial charge in [-0.15, -0.1) is 0 Å². The first kappa shape index (κ1) is 15.9. The van der Waals surface area contributed by atoms with Crippen molar-refractivity contribution in [1.29, 1.82) is 0 Å². The molecule has 0 atom stereocenters. The van der Waals surface area contributed by atoms with Crippen LogP contribution < -0.4 is 0 Å². The molecular weight excluding hydrogens is 329 g/mol. The van der Waals surface area contributed by atoms with Gasteiger partial charge in [0.15, 0.2) is 0 Å². The predicted molar refractivity (Wildman–Crippen MR) is 96.2 cm³/mol. The van der Waals surface area contributed by atoms with Gasteiger partial charge in [-0.1, -0.05) is 66.4 Å². The van der Waals surface area contributed by atoms with Gasteiger partial charge in [0.05, 0.1) is 11.4 Å². The van der Waals surface area contributed by atoms with Gasteiger partial charge in [0, 0.05) is 0 Å². The van der Waals surface area contributed by atoms with Crippen LogP contribution in [-0.2, 0) is 11.3 Å². The van der Waals surface area contributed by atoms with E-state index in [1.54, 1.807) is 17.0 Å². The van der Waals surface area contributed by atoms with Gasteiger partial charge in [-0.2, -0.15) is 0 Å². The fourth-order valence-electron chi connectivity index (χ4n) is 2.36. The summed E-state index contributed by atoms with van der Waals surface area (Å²) in [4.78, 5) is 14.9. The number of benzene rings is 2. The minimum Gasteiger partial charge on any atom is -0.288 e. The van der Waals surface area contributed by atoms with E-state index in [1.165, 1.54) is 23.9 Å². The third kappa shape index (κ3) is 3.35. The summed E-state index contributed by atoms with van der Waals surface area (Å²) in [5.41, 5.74) is 2.68. The number of hydrogen-bond donors (Lipinski definition) is 0. The second kappa shape index (κ2) is 6.64. The highest BCUT2D eigenvalue weighted by Crippen LogP contribution is 2.37. The molecule has 0 unspecified atom stereocenters. The molecule has 1 aliphatic rings. The zero-order valence-electron chi connectivity index (χ0n) is 12.5. The van der Waals surface area contributed by atoms with Crippen molar-refractivity contribution in [2.24, 2.45) is 0 Å². The first-order valence-corrected chi connectivity index (χ1v) is 8.33. The molecule has 0 radical (unpaired) electrons. The minimum atomic E-state index is -0.293. The van der Waals surface area contributed by atoms with E-state index in [0.29, 0.717) is 15.8 Å². The summed E-state index contributed by atoms with van der Waals surface area (Å²) >= 11 is 6.66. The lowest BCUT2D eigenvalue weighted by Crippen LogP contribution is -2.27. The topological polar surface area (TPSA) is 20.3 Å². The van der Waals surface area contributed by atoms with Crippen LogP contribution in [0.5, 0.6) is 0 Å². The molecule has 116 valence electrons. The van der Waals surface area contributed by atoms with Gasteiger partial charge in [-0.3, -0.25) is 9.69 Å². The van der Waals surface area contributed by atoms with Gasteiger partial charge < -0.3 is 0 Å². The molecule has 0 bridgehead atoms. The lowest BCUT2D eigenvalue weighted by atomic mass is 10.1. The van der Waals surface area contributed by atoms with E-state index in [9.17, 15) is 9.18 Å². The smallest absolute Gasteiger partial charge is 0.266 e. The van der Waals surface area contributed by atoms with Crippen molar-refractivity contribution in [3.63, 3.8) is 0 Å². The Bertz CT molecular complexity index is 784. The highest BCUT2D eigenvalue weighted by atomic mass is 32.2. The number of amides is 1. The summed E-state index contributed by atoms with van der Waals surface area (Å²) in [5, 5.41) is 0. The summed E-state index contributed by atoms with van der Waals surface area (Å²) in [5.74, 6) is -0.385. The first-order chi connectivity index (χ1) is 11.1. The largest absolute Gasteiger partial charge is 0.288 e. The summed E-state index contributed by atoms with van der Waals surface area (Å²) in [6, 6.07) is 15.9. The third-order valence-electron chi connectivity index (χ3n) is 3.65. The molecule has 1 aliphatic heterocycles. The van der Waals surface area contributed by atoms with Crippen LogP contribution in [0.2, 0.25) is 0 Å². The monoisotopic (exact) mass is 343 g/mol. The van der Waals surface area contributed by atoms with Crippen molar-refractivity contribution in [3.8, 4) is 0 Å². The highest BCUT2D eigenvalue weighted by Gasteiger charge is 2.33. The fraction of sp³-hybridized carbons (Fsp3) is 0.111. The van der Waals surface area contributed by atoms with Crippen LogP contribution in [0.15, 0.2) is 59.5 Å². The Labute approximate surface area is 144 Å². The average Bonchev–Trinajstić information content (AvgIpc) is 2.84. The molecule has 1 heterocycles. The van der Waals surface area contributed by atoms with Crippen molar-refractivity contribution < 1.29 is 9.18 Å². The molecule has 0 N–H and O–H groups in total. The zero-order valence-corrected chi connectivity index (χ0v) is 14.1. The van der Waals surface area contributed by atoms with Crippen molar-refractivity contribution in [1.82, 2.24) is 4.90 Å².